The number of hydrogen-bond donors (Lipinski definition) is 10. The second kappa shape index (κ2) is 35.5. The first kappa shape index (κ1) is 80.7. The van der Waals surface area contributed by atoms with E-state index in [1.165, 1.54) is 71.6 Å². The number of aryl methyl sites for hydroxylation is 1. The Hall–Kier alpha value is -6.84. The number of pyridine rings is 2. The van der Waals surface area contributed by atoms with Gasteiger partial charge >= 0.3 is 30.9 Å². The van der Waals surface area contributed by atoms with Gasteiger partial charge in [-0.25, -0.2) is 55.3 Å². The molecule has 105 heavy (non-hydrogen) atoms. The second-order valence-electron chi connectivity index (χ2n) is 25.2. The molecule has 39 heteroatoms. The number of aliphatic hydroxyl groups excluding tert-OH is 3. The number of rotatable bonds is 27. The number of aliphatic hydroxyl groups is 4. The molecule has 0 saturated heterocycles. The average molecular weight is 1750 g/mol. The van der Waals surface area contributed by atoms with Gasteiger partial charge in [-0.15, -0.1) is 34.0 Å². The van der Waals surface area contributed by atoms with Crippen molar-refractivity contribution >= 4 is 148 Å². The molecular weight excluding hydrogens is 1680 g/mol. The van der Waals surface area contributed by atoms with E-state index in [9.17, 15) is 60.1 Å². The van der Waals surface area contributed by atoms with Gasteiger partial charge in [0.2, 0.25) is 17.3 Å². The lowest BCUT2D eigenvalue weighted by Gasteiger charge is -2.21. The van der Waals surface area contributed by atoms with Crippen LogP contribution in [0.5, 0.6) is 0 Å². The highest BCUT2D eigenvalue weighted by Crippen LogP contribution is 2.37. The third-order valence-corrected chi connectivity index (χ3v) is 23.1. The Balaban J connectivity index is 0.000000169. The van der Waals surface area contributed by atoms with Crippen molar-refractivity contribution < 1.29 is 72.6 Å². The number of halogens is 3. The fourth-order valence-corrected chi connectivity index (χ4v) is 17.2. The summed E-state index contributed by atoms with van der Waals surface area (Å²) in [5.41, 5.74) is 4.50. The van der Waals surface area contributed by atoms with E-state index in [2.05, 4.69) is 122 Å². The van der Waals surface area contributed by atoms with Crippen LogP contribution in [0.1, 0.15) is 130 Å². The van der Waals surface area contributed by atoms with Crippen LogP contribution < -0.4 is 31.4 Å². The quantitative estimate of drug-likeness (QED) is 0.0176. The molecule has 1 aromatic carbocycles. The number of aromatic nitrogens is 8. The molecule has 0 spiro atoms. The SMILES string of the molecule is CC(O)(c1csc(C(=O)c2cncnc2N[C@@H]2C[C@H](COS(N)(=O)=O)[C@@H](O)C2)c1)c1cccc(Br)n1.Cc1sc(C(=O)c2cncnc2N[C@@H]2C[C@H](COS(N)(=O)=O)[C@@H](O)C2)cc1Cc1cccc(Br)c1.NS(=O)(=O)OC[C@H]1C[C@@H](Nc2ncncc2C(=O)c2cc(Cc3cccc(Br)n3)cs2)C[C@@H]1O. The molecule has 13 N–H and O–H groups in total. The van der Waals surface area contributed by atoms with Gasteiger partial charge in [0.15, 0.2) is 0 Å². The van der Waals surface area contributed by atoms with Crippen molar-refractivity contribution in [2.45, 2.75) is 107 Å². The molecule has 8 aromatic heterocycles. The Labute approximate surface area is 641 Å². The van der Waals surface area contributed by atoms with E-state index in [0.29, 0.717) is 105 Å². The van der Waals surface area contributed by atoms with Gasteiger partial charge in [-0.05, 0) is 173 Å². The molecule has 558 valence electrons. The van der Waals surface area contributed by atoms with Gasteiger partial charge in [-0.1, -0.05) is 40.2 Å². The van der Waals surface area contributed by atoms with Gasteiger partial charge in [0, 0.05) is 81.5 Å². The minimum absolute atomic E-state index is 0.186. The number of anilines is 3. The number of benzene rings is 1. The average Bonchev–Trinajstić information content (AvgIpc) is 1.72. The summed E-state index contributed by atoms with van der Waals surface area (Å²) in [5, 5.41) is 69.8. The fourth-order valence-electron chi connectivity index (χ4n) is 12.1. The van der Waals surface area contributed by atoms with Gasteiger partial charge in [0.25, 0.3) is 0 Å². The lowest BCUT2D eigenvalue weighted by molar-refractivity contribution is 0.0972. The summed E-state index contributed by atoms with van der Waals surface area (Å²) in [6, 6.07) is 23.6. The zero-order valence-electron chi connectivity index (χ0n) is 55.7. The molecule has 3 aliphatic carbocycles. The first-order chi connectivity index (χ1) is 49.7. The maximum atomic E-state index is 13.4. The predicted octanol–water partition coefficient (Wildman–Crippen LogP) is 7.45. The van der Waals surface area contributed by atoms with Crippen molar-refractivity contribution in [1.82, 2.24) is 39.9 Å². The molecule has 3 aliphatic rings. The van der Waals surface area contributed by atoms with Crippen LogP contribution in [-0.4, -0.2) is 159 Å². The number of thiophene rings is 3. The molecule has 0 bridgehead atoms. The third kappa shape index (κ3) is 22.9. The largest absolute Gasteiger partial charge is 0.393 e. The van der Waals surface area contributed by atoms with E-state index < -0.39 is 72.6 Å². The van der Waals surface area contributed by atoms with E-state index in [-0.39, 0.29) is 66.7 Å². The predicted molar refractivity (Wildman–Crippen MR) is 402 cm³/mol. The van der Waals surface area contributed by atoms with Crippen LogP contribution >= 0.6 is 81.8 Å². The molecule has 3 fully saturated rings. The summed E-state index contributed by atoms with van der Waals surface area (Å²) in [6.45, 7) is 2.96. The number of nitrogens with zero attached hydrogens (tertiary/aromatic N) is 8. The van der Waals surface area contributed by atoms with Crippen molar-refractivity contribution in [3.8, 4) is 0 Å². The van der Waals surface area contributed by atoms with Crippen molar-refractivity contribution in [3.05, 3.63) is 211 Å². The normalized spacial score (nSPS) is 20.8. The summed E-state index contributed by atoms with van der Waals surface area (Å²) in [6.07, 6.45) is 9.55. The van der Waals surface area contributed by atoms with Crippen molar-refractivity contribution in [1.29, 1.82) is 0 Å². The van der Waals surface area contributed by atoms with Crippen LogP contribution in [0.15, 0.2) is 141 Å². The van der Waals surface area contributed by atoms with Gasteiger partial charge in [-0.2, -0.15) is 25.3 Å². The monoisotopic (exact) mass is 1740 g/mol. The van der Waals surface area contributed by atoms with Crippen molar-refractivity contribution in [2.24, 2.45) is 33.2 Å². The summed E-state index contributed by atoms with van der Waals surface area (Å²) in [4.78, 5) is 76.0. The minimum Gasteiger partial charge on any atom is -0.393 e. The molecule has 8 heterocycles. The Morgan fingerprint density at radius 1 is 0.552 bits per heavy atom. The summed E-state index contributed by atoms with van der Waals surface area (Å²) < 4.78 is 82.6. The highest BCUT2D eigenvalue weighted by atomic mass is 79.9. The number of nitrogens with two attached hydrogens (primary N) is 3. The van der Waals surface area contributed by atoms with Crippen LogP contribution in [0, 0.1) is 24.7 Å². The Morgan fingerprint density at radius 2 is 0.990 bits per heavy atom. The highest BCUT2D eigenvalue weighted by Gasteiger charge is 2.39. The lowest BCUT2D eigenvalue weighted by Crippen LogP contribution is -2.24. The van der Waals surface area contributed by atoms with Gasteiger partial charge in [0.1, 0.15) is 51.2 Å². The van der Waals surface area contributed by atoms with Crippen LogP contribution in [0.25, 0.3) is 0 Å². The van der Waals surface area contributed by atoms with E-state index in [1.54, 1.807) is 36.6 Å². The van der Waals surface area contributed by atoms with Gasteiger partial charge in [-0.3, -0.25) is 26.9 Å². The molecule has 30 nitrogen and oxygen atoms in total. The maximum absolute atomic E-state index is 13.4. The van der Waals surface area contributed by atoms with Crippen LogP contribution in [-0.2, 0) is 61.9 Å². The van der Waals surface area contributed by atoms with E-state index in [0.717, 1.165) is 36.3 Å². The molecule has 3 saturated carbocycles. The Bertz CT molecular complexity index is 4950. The number of carbonyl (C=O) groups is 3. The number of carbonyl (C=O) groups excluding carboxylic acids is 3. The molecule has 9 aromatic rings. The minimum atomic E-state index is -4.11. The zero-order chi connectivity index (χ0) is 75.5. The van der Waals surface area contributed by atoms with Gasteiger partial charge in [0.05, 0.1) is 75.1 Å². The van der Waals surface area contributed by atoms with Crippen LogP contribution in [0.4, 0.5) is 17.5 Å². The highest BCUT2D eigenvalue weighted by molar-refractivity contribution is 9.11. The number of nitrogens with one attached hydrogen (secondary N) is 3. The third-order valence-electron chi connectivity index (χ3n) is 17.4. The van der Waals surface area contributed by atoms with Crippen molar-refractivity contribution in [2.75, 3.05) is 35.8 Å². The lowest BCUT2D eigenvalue weighted by atomic mass is 9.94. The fraction of sp³-hybridized carbons (Fsp3) is 0.348. The number of hydrogen-bond acceptors (Lipinski definition) is 30. The van der Waals surface area contributed by atoms with E-state index >= 15 is 0 Å². The molecule has 0 amide bonds. The van der Waals surface area contributed by atoms with Crippen LogP contribution in [0.2, 0.25) is 0 Å². The Kier molecular flexibility index (Phi) is 27.3. The van der Waals surface area contributed by atoms with E-state index in [4.69, 9.17) is 15.4 Å². The number of ketones is 3. The summed E-state index contributed by atoms with van der Waals surface area (Å²) in [7, 11) is -12.3. The summed E-state index contributed by atoms with van der Waals surface area (Å²) in [5.74, 6) is -0.992. The van der Waals surface area contributed by atoms with Crippen molar-refractivity contribution in [3.63, 3.8) is 0 Å². The topological polar surface area (TPSA) is 480 Å². The molecule has 1 unspecified atom stereocenters. The molecule has 10 atom stereocenters. The smallest absolute Gasteiger partial charge is 0.333 e. The van der Waals surface area contributed by atoms with Crippen LogP contribution in [0.3, 0.4) is 0 Å². The maximum Gasteiger partial charge on any atom is 0.333 e. The Morgan fingerprint density at radius 3 is 1.45 bits per heavy atom. The molecule has 0 aliphatic heterocycles. The summed E-state index contributed by atoms with van der Waals surface area (Å²) >= 11 is 14.1. The van der Waals surface area contributed by atoms with E-state index in [1.807, 2.05) is 60.8 Å². The van der Waals surface area contributed by atoms with Gasteiger partial charge < -0.3 is 36.4 Å². The first-order valence-electron chi connectivity index (χ1n) is 32.1. The molecule has 0 radical (unpaired) electrons. The standard InChI is InChI=1S/C23H25BrN4O5S2.C22H24BrN5O6S2.C21H22BrN5O5S2/c1-13-15(5-14-3-2-4-17(24)6-14)8-21(34-13)22(30)19-10-26-12-27-23(19)28-18-7-16(20(29)9-18)11-33-35(25,31)32;1-22(31,18-3-2-4-19(23)28-18)13-6-17(35-10-13)20(30)15-8-25-11-26-21(15)27-14-5-12(16(29)7-14)9-34-36(24,32)33;22-19-3-1-2-14(26-19)4-12-5-18(33-10-12)20(29)16-8-24-11-25-21(16)27-15-6-13(17(28)7-15)9-32-34(23,30)31/h2-4,6,8,10,12,16,18,20,29H,5,7,9,11H2,1H3,(H2,25,31,32)(H,26,27,28);2-4,6,8,10-12,14,16,29,31H,5,7,9H2,1H3,(H2,24,32,33)(H,25,26,27);1-3,5,8,10-11,13,15,17,28H,4,6-7,9H2,(H2,23,30,31)(H,24,25,27)/t16-,18-,20+;12-,14-,16+,22?;13-,15-,17+/m111/s1. The molecule has 12 rings (SSSR count). The zero-order valence-corrected chi connectivity index (χ0v) is 65.3. The molecular formula is C66H71Br3N14O16S6. The first-order valence-corrected chi connectivity index (χ1v) is 41.4. The second-order valence-corrected chi connectivity index (χ2v) is 34.4.